The quantitative estimate of drug-likeness (QED) is 0.850. The summed E-state index contributed by atoms with van der Waals surface area (Å²) in [6.45, 7) is 1.31. The van der Waals surface area contributed by atoms with Crippen LogP contribution in [0, 0.1) is 11.7 Å². The van der Waals surface area contributed by atoms with Crippen LogP contribution in [0.15, 0.2) is 24.3 Å². The number of ether oxygens (including phenoxy) is 2. The molecule has 1 unspecified atom stereocenters. The van der Waals surface area contributed by atoms with E-state index in [1.165, 1.54) is 19.2 Å². The minimum Gasteiger partial charge on any atom is -0.467 e. The number of methoxy groups -OCH3 is 1. The molecule has 1 aromatic rings. The fraction of sp³-hybridized carbons (Fsp3) is 0.500. The first-order chi connectivity index (χ1) is 9.20. The van der Waals surface area contributed by atoms with Crippen molar-refractivity contribution in [2.24, 2.45) is 5.92 Å². The van der Waals surface area contributed by atoms with Crippen molar-refractivity contribution in [3.8, 4) is 0 Å². The summed E-state index contributed by atoms with van der Waals surface area (Å²) in [6.07, 6.45) is 1.63. The monoisotopic (exact) mass is 267 g/mol. The number of esters is 1. The van der Waals surface area contributed by atoms with Gasteiger partial charge in [-0.2, -0.15) is 0 Å². The highest BCUT2D eigenvalue weighted by molar-refractivity contribution is 5.79. The lowest BCUT2D eigenvalue weighted by Crippen LogP contribution is -2.40. The molecule has 2 rings (SSSR count). The number of nitrogens with one attached hydrogen (secondary N) is 1. The zero-order valence-corrected chi connectivity index (χ0v) is 10.9. The van der Waals surface area contributed by atoms with Crippen molar-refractivity contribution < 1.29 is 18.7 Å². The largest absolute Gasteiger partial charge is 0.467 e. The number of rotatable bonds is 4. The van der Waals surface area contributed by atoms with Crippen LogP contribution in [-0.2, 0) is 14.3 Å². The van der Waals surface area contributed by atoms with Gasteiger partial charge in [-0.15, -0.1) is 0 Å². The van der Waals surface area contributed by atoms with Crippen molar-refractivity contribution >= 4 is 11.7 Å². The van der Waals surface area contributed by atoms with E-state index in [4.69, 9.17) is 9.47 Å². The molecule has 1 N–H and O–H groups in total. The molecule has 104 valence electrons. The Morgan fingerprint density at radius 2 is 2.00 bits per heavy atom. The van der Waals surface area contributed by atoms with Gasteiger partial charge >= 0.3 is 5.97 Å². The Balaban J connectivity index is 2.08. The zero-order chi connectivity index (χ0) is 13.7. The molecule has 4 nitrogen and oxygen atoms in total. The maximum absolute atomic E-state index is 12.9. The summed E-state index contributed by atoms with van der Waals surface area (Å²) in [7, 11) is 1.38. The van der Waals surface area contributed by atoms with E-state index in [1.807, 2.05) is 0 Å². The SMILES string of the molecule is COC(=O)C(Nc1ccc(F)cc1)C1CCOCC1. The van der Waals surface area contributed by atoms with Gasteiger partial charge in [0, 0.05) is 18.9 Å². The van der Waals surface area contributed by atoms with Gasteiger partial charge in [0.2, 0.25) is 0 Å². The standard InChI is InChI=1S/C14H18FNO3/c1-18-14(17)13(10-6-8-19-9-7-10)16-12-4-2-11(15)3-5-12/h2-5,10,13,16H,6-9H2,1H3. The van der Waals surface area contributed by atoms with E-state index in [0.29, 0.717) is 18.9 Å². The van der Waals surface area contributed by atoms with Gasteiger partial charge in [0.25, 0.3) is 0 Å². The lowest BCUT2D eigenvalue weighted by Gasteiger charge is -2.29. The van der Waals surface area contributed by atoms with Gasteiger partial charge in [-0.05, 0) is 43.0 Å². The summed E-state index contributed by atoms with van der Waals surface area (Å²) in [5.74, 6) is -0.422. The Hall–Kier alpha value is -1.62. The van der Waals surface area contributed by atoms with Crippen LogP contribution in [0.5, 0.6) is 0 Å². The van der Waals surface area contributed by atoms with Crippen LogP contribution in [0.2, 0.25) is 0 Å². The van der Waals surface area contributed by atoms with Crippen molar-refractivity contribution in [2.45, 2.75) is 18.9 Å². The number of carbonyl (C=O) groups is 1. The van der Waals surface area contributed by atoms with E-state index >= 15 is 0 Å². The molecule has 0 spiro atoms. The van der Waals surface area contributed by atoms with Crippen molar-refractivity contribution in [2.75, 3.05) is 25.6 Å². The van der Waals surface area contributed by atoms with Gasteiger partial charge in [0.15, 0.2) is 0 Å². The first-order valence-corrected chi connectivity index (χ1v) is 6.38. The van der Waals surface area contributed by atoms with Gasteiger partial charge in [0.1, 0.15) is 11.9 Å². The van der Waals surface area contributed by atoms with Crippen LogP contribution < -0.4 is 5.32 Å². The molecule has 1 atom stereocenters. The van der Waals surface area contributed by atoms with Crippen LogP contribution in [0.1, 0.15) is 12.8 Å². The van der Waals surface area contributed by atoms with Crippen molar-refractivity contribution in [3.05, 3.63) is 30.1 Å². The third kappa shape index (κ3) is 3.67. The molecule has 1 fully saturated rings. The summed E-state index contributed by atoms with van der Waals surface area (Å²) in [6, 6.07) is 5.54. The first-order valence-electron chi connectivity index (χ1n) is 6.38. The summed E-state index contributed by atoms with van der Waals surface area (Å²) in [4.78, 5) is 11.9. The second-order valence-electron chi connectivity index (χ2n) is 4.60. The number of hydrogen-bond donors (Lipinski definition) is 1. The second kappa shape index (κ2) is 6.52. The lowest BCUT2D eigenvalue weighted by molar-refractivity contribution is -0.143. The summed E-state index contributed by atoms with van der Waals surface area (Å²) in [5.41, 5.74) is 0.711. The van der Waals surface area contributed by atoms with Crippen LogP contribution >= 0.6 is 0 Å². The molecule has 1 aromatic carbocycles. The molecule has 0 aliphatic carbocycles. The molecule has 0 bridgehead atoms. The average Bonchev–Trinajstić information content (AvgIpc) is 2.47. The molecule has 0 saturated carbocycles. The van der Waals surface area contributed by atoms with E-state index in [2.05, 4.69) is 5.32 Å². The number of halogens is 1. The van der Waals surface area contributed by atoms with Gasteiger partial charge < -0.3 is 14.8 Å². The Morgan fingerprint density at radius 1 is 1.37 bits per heavy atom. The van der Waals surface area contributed by atoms with E-state index in [-0.39, 0.29) is 17.7 Å². The Morgan fingerprint density at radius 3 is 2.58 bits per heavy atom. The number of hydrogen-bond acceptors (Lipinski definition) is 4. The van der Waals surface area contributed by atoms with Crippen LogP contribution in [0.25, 0.3) is 0 Å². The van der Waals surface area contributed by atoms with Crippen LogP contribution in [0.4, 0.5) is 10.1 Å². The summed E-state index contributed by atoms with van der Waals surface area (Å²) in [5, 5.41) is 3.13. The summed E-state index contributed by atoms with van der Waals surface area (Å²) >= 11 is 0. The van der Waals surface area contributed by atoms with E-state index < -0.39 is 6.04 Å². The first kappa shape index (κ1) is 13.8. The fourth-order valence-corrected chi connectivity index (χ4v) is 2.27. The molecule has 1 aliphatic rings. The fourth-order valence-electron chi connectivity index (χ4n) is 2.27. The highest BCUT2D eigenvalue weighted by Crippen LogP contribution is 2.23. The molecular formula is C14H18FNO3. The zero-order valence-electron chi connectivity index (χ0n) is 10.9. The third-order valence-electron chi connectivity index (χ3n) is 3.36. The molecule has 1 saturated heterocycles. The minimum absolute atomic E-state index is 0.172. The maximum atomic E-state index is 12.9. The Bertz CT molecular complexity index is 415. The highest BCUT2D eigenvalue weighted by Gasteiger charge is 2.30. The molecule has 0 radical (unpaired) electrons. The number of anilines is 1. The highest BCUT2D eigenvalue weighted by atomic mass is 19.1. The molecular weight excluding hydrogens is 249 g/mol. The van der Waals surface area contributed by atoms with Gasteiger partial charge in [-0.3, -0.25) is 0 Å². The van der Waals surface area contributed by atoms with Crippen molar-refractivity contribution in [1.29, 1.82) is 0 Å². The van der Waals surface area contributed by atoms with Gasteiger partial charge in [-0.25, -0.2) is 9.18 Å². The Kier molecular flexibility index (Phi) is 4.74. The van der Waals surface area contributed by atoms with Crippen molar-refractivity contribution in [3.63, 3.8) is 0 Å². The lowest BCUT2D eigenvalue weighted by atomic mass is 9.91. The average molecular weight is 267 g/mol. The van der Waals surface area contributed by atoms with Gasteiger partial charge in [-0.1, -0.05) is 0 Å². The van der Waals surface area contributed by atoms with Crippen LogP contribution in [0.3, 0.4) is 0 Å². The maximum Gasteiger partial charge on any atom is 0.328 e. The van der Waals surface area contributed by atoms with Crippen molar-refractivity contribution in [1.82, 2.24) is 0 Å². The van der Waals surface area contributed by atoms with E-state index in [9.17, 15) is 9.18 Å². The van der Waals surface area contributed by atoms with Crippen LogP contribution in [-0.4, -0.2) is 32.3 Å². The van der Waals surface area contributed by atoms with E-state index in [1.54, 1.807) is 12.1 Å². The molecule has 0 aromatic heterocycles. The predicted octanol–water partition coefficient (Wildman–Crippen LogP) is 2.21. The number of benzene rings is 1. The molecule has 1 heterocycles. The molecule has 5 heteroatoms. The number of carbonyl (C=O) groups excluding carboxylic acids is 1. The molecule has 1 aliphatic heterocycles. The Labute approximate surface area is 111 Å². The molecule has 19 heavy (non-hydrogen) atoms. The second-order valence-corrected chi connectivity index (χ2v) is 4.60. The summed E-state index contributed by atoms with van der Waals surface area (Å²) < 4.78 is 23.0. The third-order valence-corrected chi connectivity index (χ3v) is 3.36. The normalized spacial score (nSPS) is 17.8. The minimum atomic E-state index is -0.417. The smallest absolute Gasteiger partial charge is 0.328 e. The topological polar surface area (TPSA) is 47.6 Å². The molecule has 0 amide bonds. The van der Waals surface area contributed by atoms with Gasteiger partial charge in [0.05, 0.1) is 7.11 Å². The van der Waals surface area contributed by atoms with E-state index in [0.717, 1.165) is 12.8 Å². The predicted molar refractivity (Wildman–Crippen MR) is 69.4 cm³/mol.